The van der Waals surface area contributed by atoms with Crippen LogP contribution in [0.2, 0.25) is 0 Å². The standard InChI is InChI=1S/C21H32O4/c1-13-4-7-17(23)10-15(13)5-6-16-11-18(24)12-20(3)19(16)8-9-21(20,25)14(2)22/h5-6,14,17-19,22-25H,1,4,7-12H2,2-3H3/b15-5-,16-6+/t14-,17+,18+,19-,20-,21-/m0/s1. The molecular formula is C21H32O4. The number of aliphatic hydroxyl groups excluding tert-OH is 3. The molecule has 0 radical (unpaired) electrons. The third kappa shape index (κ3) is 3.14. The fourth-order valence-corrected chi connectivity index (χ4v) is 5.43. The van der Waals surface area contributed by atoms with Gasteiger partial charge >= 0.3 is 0 Å². The Morgan fingerprint density at radius 3 is 2.56 bits per heavy atom. The van der Waals surface area contributed by atoms with E-state index in [-0.39, 0.29) is 12.0 Å². The second-order valence-electron chi connectivity index (χ2n) is 8.60. The fraction of sp³-hybridized carbons (Fsp3) is 0.714. The van der Waals surface area contributed by atoms with Crippen LogP contribution in [0.1, 0.15) is 58.8 Å². The van der Waals surface area contributed by atoms with Crippen LogP contribution < -0.4 is 0 Å². The van der Waals surface area contributed by atoms with Crippen LogP contribution in [0.3, 0.4) is 0 Å². The molecular weight excluding hydrogens is 316 g/mol. The number of hydrogen-bond donors (Lipinski definition) is 4. The molecule has 0 aromatic rings. The molecule has 0 aromatic carbocycles. The molecule has 0 aliphatic heterocycles. The van der Waals surface area contributed by atoms with Gasteiger partial charge in [0.25, 0.3) is 0 Å². The predicted molar refractivity (Wildman–Crippen MR) is 97.9 cm³/mol. The molecule has 3 rings (SSSR count). The van der Waals surface area contributed by atoms with E-state index in [1.165, 1.54) is 0 Å². The number of allylic oxidation sites excluding steroid dienone is 3. The molecule has 0 aromatic heterocycles. The van der Waals surface area contributed by atoms with E-state index >= 15 is 0 Å². The van der Waals surface area contributed by atoms with Crippen LogP contribution in [0, 0.1) is 11.3 Å². The van der Waals surface area contributed by atoms with Crippen LogP contribution in [0.4, 0.5) is 0 Å². The molecule has 4 nitrogen and oxygen atoms in total. The Morgan fingerprint density at radius 2 is 1.88 bits per heavy atom. The summed E-state index contributed by atoms with van der Waals surface area (Å²) in [5, 5.41) is 41.6. The lowest BCUT2D eigenvalue weighted by Crippen LogP contribution is -2.55. The van der Waals surface area contributed by atoms with Crippen molar-refractivity contribution in [2.24, 2.45) is 11.3 Å². The van der Waals surface area contributed by atoms with Gasteiger partial charge in [-0.25, -0.2) is 0 Å². The third-order valence-corrected chi connectivity index (χ3v) is 7.03. The molecule has 0 amide bonds. The Balaban J connectivity index is 1.91. The third-order valence-electron chi connectivity index (χ3n) is 7.03. The van der Waals surface area contributed by atoms with E-state index in [9.17, 15) is 20.4 Å². The highest BCUT2D eigenvalue weighted by Gasteiger charge is 2.61. The van der Waals surface area contributed by atoms with Gasteiger partial charge in [0.05, 0.1) is 23.9 Å². The van der Waals surface area contributed by atoms with Gasteiger partial charge in [0.2, 0.25) is 0 Å². The first kappa shape index (κ1) is 18.8. The molecule has 3 aliphatic rings. The van der Waals surface area contributed by atoms with Crippen molar-refractivity contribution in [1.29, 1.82) is 0 Å². The van der Waals surface area contributed by atoms with E-state index < -0.39 is 23.2 Å². The molecule has 3 fully saturated rings. The Hall–Kier alpha value is -0.940. The average Bonchev–Trinajstić information content (AvgIpc) is 2.80. The first-order valence-electron chi connectivity index (χ1n) is 9.51. The van der Waals surface area contributed by atoms with E-state index in [4.69, 9.17) is 0 Å². The highest BCUT2D eigenvalue weighted by atomic mass is 16.3. The van der Waals surface area contributed by atoms with Gasteiger partial charge in [-0.15, -0.1) is 0 Å². The van der Waals surface area contributed by atoms with Crippen LogP contribution in [-0.2, 0) is 0 Å². The second kappa shape index (κ2) is 6.66. The molecule has 0 heterocycles. The van der Waals surface area contributed by atoms with E-state index in [0.717, 1.165) is 36.0 Å². The topological polar surface area (TPSA) is 80.9 Å². The summed E-state index contributed by atoms with van der Waals surface area (Å²) >= 11 is 0. The average molecular weight is 348 g/mol. The maximum absolute atomic E-state index is 11.1. The van der Waals surface area contributed by atoms with Crippen molar-refractivity contribution in [3.63, 3.8) is 0 Å². The van der Waals surface area contributed by atoms with Crippen molar-refractivity contribution in [2.45, 2.75) is 82.7 Å². The van der Waals surface area contributed by atoms with Gasteiger partial charge in [0.15, 0.2) is 0 Å². The summed E-state index contributed by atoms with van der Waals surface area (Å²) in [5.41, 5.74) is 1.62. The van der Waals surface area contributed by atoms with Gasteiger partial charge in [0.1, 0.15) is 0 Å². The van der Waals surface area contributed by atoms with E-state index in [1.54, 1.807) is 6.92 Å². The van der Waals surface area contributed by atoms with Crippen LogP contribution in [0.15, 0.2) is 35.5 Å². The summed E-state index contributed by atoms with van der Waals surface area (Å²) in [6.07, 6.45) is 7.20. The summed E-state index contributed by atoms with van der Waals surface area (Å²) in [6, 6.07) is 0. The molecule has 140 valence electrons. The Bertz CT molecular complexity index is 605. The van der Waals surface area contributed by atoms with Crippen LogP contribution >= 0.6 is 0 Å². The van der Waals surface area contributed by atoms with Gasteiger partial charge in [-0.3, -0.25) is 0 Å². The molecule has 0 bridgehead atoms. The van der Waals surface area contributed by atoms with Crippen molar-refractivity contribution in [3.8, 4) is 0 Å². The maximum atomic E-state index is 11.1. The summed E-state index contributed by atoms with van der Waals surface area (Å²) in [7, 11) is 0. The molecule has 4 heteroatoms. The normalized spacial score (nSPS) is 46.5. The zero-order valence-electron chi connectivity index (χ0n) is 15.4. The molecule has 0 saturated heterocycles. The van der Waals surface area contributed by atoms with E-state index in [2.05, 4.69) is 12.7 Å². The maximum Gasteiger partial charge on any atom is 0.0962 e. The Morgan fingerprint density at radius 1 is 1.16 bits per heavy atom. The fourth-order valence-electron chi connectivity index (χ4n) is 5.43. The molecule has 0 unspecified atom stereocenters. The minimum atomic E-state index is -1.16. The zero-order chi connectivity index (χ0) is 18.4. The minimum absolute atomic E-state index is 0.161. The molecule has 0 spiro atoms. The molecule has 3 aliphatic carbocycles. The first-order valence-corrected chi connectivity index (χ1v) is 9.51. The second-order valence-corrected chi connectivity index (χ2v) is 8.60. The highest BCUT2D eigenvalue weighted by Crippen LogP contribution is 2.60. The number of aliphatic hydroxyl groups is 4. The molecule has 6 atom stereocenters. The summed E-state index contributed by atoms with van der Waals surface area (Å²) in [6.45, 7) is 7.75. The van der Waals surface area contributed by atoms with Crippen molar-refractivity contribution in [3.05, 3.63) is 35.5 Å². The SMILES string of the molecule is C=C1CC[C@@H](O)C/C1=C/C=C1\C[C@@H](O)C[C@@]2(C)[C@H]1CC[C@]2(O)[C@H](C)O. The van der Waals surface area contributed by atoms with Gasteiger partial charge in [-0.1, -0.05) is 36.8 Å². The largest absolute Gasteiger partial charge is 0.393 e. The summed E-state index contributed by atoms with van der Waals surface area (Å²) in [5.74, 6) is 0.161. The van der Waals surface area contributed by atoms with Crippen molar-refractivity contribution in [2.75, 3.05) is 0 Å². The molecule has 4 N–H and O–H groups in total. The monoisotopic (exact) mass is 348 g/mol. The smallest absolute Gasteiger partial charge is 0.0962 e. The minimum Gasteiger partial charge on any atom is -0.393 e. The van der Waals surface area contributed by atoms with Gasteiger partial charge in [-0.05, 0) is 63.4 Å². The molecule has 3 saturated carbocycles. The Kier molecular flexibility index (Phi) is 5.02. The van der Waals surface area contributed by atoms with Crippen LogP contribution in [0.25, 0.3) is 0 Å². The number of hydrogen-bond acceptors (Lipinski definition) is 4. The Labute approximate surface area is 150 Å². The summed E-state index contributed by atoms with van der Waals surface area (Å²) in [4.78, 5) is 0. The van der Waals surface area contributed by atoms with Gasteiger partial charge in [0, 0.05) is 5.41 Å². The van der Waals surface area contributed by atoms with Crippen LogP contribution in [0.5, 0.6) is 0 Å². The first-order chi connectivity index (χ1) is 11.7. The quantitative estimate of drug-likeness (QED) is 0.618. The highest BCUT2D eigenvalue weighted by molar-refractivity contribution is 5.37. The van der Waals surface area contributed by atoms with Crippen molar-refractivity contribution >= 4 is 0 Å². The molecule has 25 heavy (non-hydrogen) atoms. The van der Waals surface area contributed by atoms with Crippen LogP contribution in [-0.4, -0.2) is 44.3 Å². The lowest BCUT2D eigenvalue weighted by Gasteiger charge is -2.49. The summed E-state index contributed by atoms with van der Waals surface area (Å²) < 4.78 is 0. The lowest BCUT2D eigenvalue weighted by atomic mass is 9.59. The van der Waals surface area contributed by atoms with E-state index in [1.807, 2.05) is 13.0 Å². The van der Waals surface area contributed by atoms with Crippen molar-refractivity contribution in [1.82, 2.24) is 0 Å². The number of rotatable bonds is 2. The predicted octanol–water partition coefficient (Wildman–Crippen LogP) is 2.62. The van der Waals surface area contributed by atoms with Crippen molar-refractivity contribution < 1.29 is 20.4 Å². The number of fused-ring (bicyclic) bond motifs is 1. The zero-order valence-corrected chi connectivity index (χ0v) is 15.4. The van der Waals surface area contributed by atoms with Gasteiger partial charge in [-0.2, -0.15) is 0 Å². The van der Waals surface area contributed by atoms with Gasteiger partial charge < -0.3 is 20.4 Å². The lowest BCUT2D eigenvalue weighted by molar-refractivity contribution is -0.154. The van der Waals surface area contributed by atoms with E-state index in [0.29, 0.717) is 25.7 Å².